The van der Waals surface area contributed by atoms with E-state index in [1.165, 1.54) is 43.5 Å². The van der Waals surface area contributed by atoms with Gasteiger partial charge < -0.3 is 19.3 Å². The van der Waals surface area contributed by atoms with Crippen molar-refractivity contribution < 1.29 is 9.47 Å². The van der Waals surface area contributed by atoms with E-state index >= 15 is 0 Å². The standard InChI is InChI=1S/C25H35N3O2.ClH/c1-27-12-5-8-23(27)20-30-25-16-24(17-26-18-25)28-13-9-21(10-14-28)11-15-29-19-22-6-3-2-4-7-22;/h2-4,6-7,16-18,21,23H,5,8-15,19-20H2,1H3;1H/t23-;/m1./s1. The molecule has 0 N–H and O–H groups in total. The van der Waals surface area contributed by atoms with Crippen LogP contribution in [0.5, 0.6) is 5.75 Å². The highest BCUT2D eigenvalue weighted by Gasteiger charge is 2.22. The summed E-state index contributed by atoms with van der Waals surface area (Å²) in [6, 6.07) is 13.1. The molecule has 1 atom stereocenters. The molecule has 2 aliphatic rings. The molecule has 0 bridgehead atoms. The molecule has 2 fully saturated rings. The van der Waals surface area contributed by atoms with Gasteiger partial charge in [0.15, 0.2) is 0 Å². The SMILES string of the molecule is CN1CCC[C@@H]1COc1cncc(N2CCC(CCOCc3ccccc3)CC2)c1.Cl. The first-order chi connectivity index (χ1) is 14.8. The predicted octanol–water partition coefficient (Wildman–Crippen LogP) is 4.80. The minimum atomic E-state index is 0. The molecule has 31 heavy (non-hydrogen) atoms. The summed E-state index contributed by atoms with van der Waals surface area (Å²) in [5.74, 6) is 1.64. The average Bonchev–Trinajstić information content (AvgIpc) is 3.21. The zero-order valence-corrected chi connectivity index (χ0v) is 19.4. The Hall–Kier alpha value is -1.82. The van der Waals surface area contributed by atoms with Crippen LogP contribution < -0.4 is 9.64 Å². The first-order valence-electron chi connectivity index (χ1n) is 11.4. The first kappa shape index (κ1) is 23.8. The van der Waals surface area contributed by atoms with Crippen molar-refractivity contribution in [2.45, 2.75) is 44.8 Å². The van der Waals surface area contributed by atoms with Crippen LogP contribution in [0.15, 0.2) is 48.8 Å². The van der Waals surface area contributed by atoms with Gasteiger partial charge in [0, 0.05) is 31.8 Å². The lowest BCUT2D eigenvalue weighted by molar-refractivity contribution is 0.104. The number of aromatic nitrogens is 1. The summed E-state index contributed by atoms with van der Waals surface area (Å²) >= 11 is 0. The Labute approximate surface area is 193 Å². The number of benzene rings is 1. The highest BCUT2D eigenvalue weighted by molar-refractivity contribution is 5.85. The number of piperidine rings is 1. The zero-order valence-electron chi connectivity index (χ0n) is 18.6. The van der Waals surface area contributed by atoms with Crippen LogP contribution in [-0.4, -0.2) is 55.8 Å². The number of rotatable bonds is 9. The Kier molecular flexibility index (Phi) is 9.44. The minimum Gasteiger partial charge on any atom is -0.490 e. The van der Waals surface area contributed by atoms with Gasteiger partial charge in [-0.2, -0.15) is 0 Å². The molecule has 2 aliphatic heterocycles. The predicted molar refractivity (Wildman–Crippen MR) is 128 cm³/mol. The summed E-state index contributed by atoms with van der Waals surface area (Å²) in [5, 5.41) is 0. The minimum absolute atomic E-state index is 0. The molecular weight excluding hydrogens is 410 g/mol. The number of hydrogen-bond acceptors (Lipinski definition) is 5. The molecule has 0 amide bonds. The highest BCUT2D eigenvalue weighted by atomic mass is 35.5. The Balaban J connectivity index is 0.00000272. The van der Waals surface area contributed by atoms with Crippen LogP contribution in [-0.2, 0) is 11.3 Å². The van der Waals surface area contributed by atoms with Crippen LogP contribution in [0.2, 0.25) is 0 Å². The van der Waals surface area contributed by atoms with Crippen LogP contribution >= 0.6 is 12.4 Å². The third-order valence-electron chi connectivity index (χ3n) is 6.57. The van der Waals surface area contributed by atoms with Gasteiger partial charge in [-0.1, -0.05) is 30.3 Å². The van der Waals surface area contributed by atoms with Gasteiger partial charge in [0.05, 0.1) is 24.7 Å². The van der Waals surface area contributed by atoms with Crippen molar-refractivity contribution in [3.8, 4) is 5.75 Å². The summed E-state index contributed by atoms with van der Waals surface area (Å²) in [6.07, 6.45) is 9.89. The van der Waals surface area contributed by atoms with Crippen LogP contribution in [0.25, 0.3) is 0 Å². The van der Waals surface area contributed by atoms with Crippen molar-refractivity contribution >= 4 is 18.1 Å². The molecule has 2 saturated heterocycles. The number of nitrogens with zero attached hydrogens (tertiary/aromatic N) is 3. The normalized spacial score (nSPS) is 19.9. The second-order valence-electron chi connectivity index (χ2n) is 8.72. The number of likely N-dealkylation sites (tertiary alicyclic amines) is 1. The number of ether oxygens (including phenoxy) is 2. The molecule has 1 aromatic heterocycles. The third kappa shape index (κ3) is 7.09. The van der Waals surface area contributed by atoms with E-state index in [1.807, 2.05) is 18.5 Å². The van der Waals surface area contributed by atoms with E-state index in [2.05, 4.69) is 52.2 Å². The molecule has 4 rings (SSSR count). The quantitative estimate of drug-likeness (QED) is 0.518. The van der Waals surface area contributed by atoms with Gasteiger partial charge in [0.1, 0.15) is 12.4 Å². The van der Waals surface area contributed by atoms with Gasteiger partial charge >= 0.3 is 0 Å². The van der Waals surface area contributed by atoms with Crippen LogP contribution in [0.3, 0.4) is 0 Å². The maximum absolute atomic E-state index is 6.07. The van der Waals surface area contributed by atoms with Crippen LogP contribution in [0.4, 0.5) is 5.69 Å². The maximum atomic E-state index is 6.07. The van der Waals surface area contributed by atoms with Gasteiger partial charge in [-0.3, -0.25) is 4.98 Å². The van der Waals surface area contributed by atoms with E-state index in [0.717, 1.165) is 51.0 Å². The maximum Gasteiger partial charge on any atom is 0.139 e. The number of halogens is 1. The Bertz CT molecular complexity index is 768. The second kappa shape index (κ2) is 12.3. The fourth-order valence-electron chi connectivity index (χ4n) is 4.54. The summed E-state index contributed by atoms with van der Waals surface area (Å²) in [4.78, 5) is 9.27. The molecule has 170 valence electrons. The Morgan fingerprint density at radius 3 is 2.58 bits per heavy atom. The fraction of sp³-hybridized carbons (Fsp3) is 0.560. The Morgan fingerprint density at radius 1 is 1.03 bits per heavy atom. The lowest BCUT2D eigenvalue weighted by Crippen LogP contribution is -2.34. The molecule has 1 aromatic carbocycles. The van der Waals surface area contributed by atoms with E-state index in [0.29, 0.717) is 6.04 Å². The van der Waals surface area contributed by atoms with Crippen LogP contribution in [0, 0.1) is 5.92 Å². The second-order valence-corrected chi connectivity index (χ2v) is 8.72. The lowest BCUT2D eigenvalue weighted by Gasteiger charge is -2.33. The molecule has 6 heteroatoms. The van der Waals surface area contributed by atoms with E-state index in [1.54, 1.807) is 0 Å². The number of anilines is 1. The van der Waals surface area contributed by atoms with Gasteiger partial charge in [-0.05, 0) is 57.2 Å². The summed E-state index contributed by atoms with van der Waals surface area (Å²) in [5.41, 5.74) is 2.44. The molecule has 2 aromatic rings. The van der Waals surface area contributed by atoms with Gasteiger partial charge in [-0.15, -0.1) is 12.4 Å². The number of likely N-dealkylation sites (N-methyl/N-ethyl adjacent to an activating group) is 1. The average molecular weight is 446 g/mol. The summed E-state index contributed by atoms with van der Waals surface area (Å²) in [6.45, 7) is 5.67. The molecule has 3 heterocycles. The van der Waals surface area contributed by atoms with Crippen molar-refractivity contribution in [2.24, 2.45) is 5.92 Å². The summed E-state index contributed by atoms with van der Waals surface area (Å²) < 4.78 is 12.0. The number of hydrogen-bond donors (Lipinski definition) is 0. The van der Waals surface area contributed by atoms with Crippen molar-refractivity contribution in [2.75, 3.05) is 44.8 Å². The van der Waals surface area contributed by atoms with Crippen molar-refractivity contribution in [1.29, 1.82) is 0 Å². The lowest BCUT2D eigenvalue weighted by atomic mass is 9.94. The Morgan fingerprint density at radius 2 is 1.84 bits per heavy atom. The van der Waals surface area contributed by atoms with Gasteiger partial charge in [0.25, 0.3) is 0 Å². The van der Waals surface area contributed by atoms with E-state index < -0.39 is 0 Å². The zero-order chi connectivity index (χ0) is 20.6. The molecule has 0 aliphatic carbocycles. The first-order valence-corrected chi connectivity index (χ1v) is 11.4. The molecule has 0 unspecified atom stereocenters. The van der Waals surface area contributed by atoms with Gasteiger partial charge in [0.2, 0.25) is 0 Å². The third-order valence-corrected chi connectivity index (χ3v) is 6.57. The van der Waals surface area contributed by atoms with Crippen LogP contribution in [0.1, 0.15) is 37.7 Å². The monoisotopic (exact) mass is 445 g/mol. The summed E-state index contributed by atoms with van der Waals surface area (Å²) in [7, 11) is 2.19. The van der Waals surface area contributed by atoms with Crippen molar-refractivity contribution in [3.63, 3.8) is 0 Å². The van der Waals surface area contributed by atoms with E-state index in [-0.39, 0.29) is 12.4 Å². The molecule has 0 saturated carbocycles. The highest BCUT2D eigenvalue weighted by Crippen LogP contribution is 2.27. The molecule has 0 spiro atoms. The number of pyridine rings is 1. The molecular formula is C25H36ClN3O2. The molecule has 0 radical (unpaired) electrons. The van der Waals surface area contributed by atoms with Crippen molar-refractivity contribution in [3.05, 3.63) is 54.4 Å². The van der Waals surface area contributed by atoms with E-state index in [9.17, 15) is 0 Å². The smallest absolute Gasteiger partial charge is 0.139 e. The largest absolute Gasteiger partial charge is 0.490 e. The van der Waals surface area contributed by atoms with E-state index in [4.69, 9.17) is 9.47 Å². The molecule has 5 nitrogen and oxygen atoms in total. The topological polar surface area (TPSA) is 37.8 Å². The van der Waals surface area contributed by atoms with Crippen molar-refractivity contribution in [1.82, 2.24) is 9.88 Å². The fourth-order valence-corrected chi connectivity index (χ4v) is 4.54. The van der Waals surface area contributed by atoms with Gasteiger partial charge in [-0.25, -0.2) is 0 Å².